The lowest BCUT2D eigenvalue weighted by Crippen LogP contribution is -2.24. The number of carbonyl (C=O) groups is 1. The first-order chi connectivity index (χ1) is 10.4. The van der Waals surface area contributed by atoms with Crippen molar-refractivity contribution in [1.29, 1.82) is 0 Å². The van der Waals surface area contributed by atoms with E-state index in [1.807, 2.05) is 30.3 Å². The highest BCUT2D eigenvalue weighted by atomic mass is 32.2. The maximum atomic E-state index is 11.9. The van der Waals surface area contributed by atoms with Crippen molar-refractivity contribution >= 4 is 17.7 Å². The third-order valence-electron chi connectivity index (χ3n) is 3.42. The zero-order valence-electron chi connectivity index (χ0n) is 13.4. The molecule has 2 nitrogen and oxygen atoms in total. The SMILES string of the molecule is CC(C)(C)c1ccc(SCC(=O)NCc2ccccc2)cc1. The van der Waals surface area contributed by atoms with Crippen molar-refractivity contribution in [2.24, 2.45) is 0 Å². The van der Waals surface area contributed by atoms with E-state index in [0.29, 0.717) is 12.3 Å². The maximum absolute atomic E-state index is 11.9. The Kier molecular flexibility index (Phi) is 5.67. The van der Waals surface area contributed by atoms with Gasteiger partial charge in [-0.3, -0.25) is 4.79 Å². The minimum atomic E-state index is 0.0637. The lowest BCUT2D eigenvalue weighted by molar-refractivity contribution is -0.118. The summed E-state index contributed by atoms with van der Waals surface area (Å²) in [7, 11) is 0. The molecule has 0 fully saturated rings. The number of hydrogen-bond donors (Lipinski definition) is 1. The van der Waals surface area contributed by atoms with E-state index in [1.54, 1.807) is 11.8 Å². The van der Waals surface area contributed by atoms with Crippen molar-refractivity contribution in [3.8, 4) is 0 Å². The van der Waals surface area contributed by atoms with Crippen molar-refractivity contribution in [3.05, 3.63) is 65.7 Å². The summed E-state index contributed by atoms with van der Waals surface area (Å²) in [6, 6.07) is 18.4. The molecule has 116 valence electrons. The quantitative estimate of drug-likeness (QED) is 0.829. The number of thioether (sulfide) groups is 1. The number of benzene rings is 2. The second-order valence-corrected chi connectivity index (χ2v) is 7.37. The van der Waals surface area contributed by atoms with Gasteiger partial charge in [-0.1, -0.05) is 63.2 Å². The predicted octanol–water partition coefficient (Wildman–Crippen LogP) is 4.39. The van der Waals surface area contributed by atoms with E-state index >= 15 is 0 Å². The van der Waals surface area contributed by atoms with E-state index in [4.69, 9.17) is 0 Å². The summed E-state index contributed by atoms with van der Waals surface area (Å²) in [4.78, 5) is 13.0. The summed E-state index contributed by atoms with van der Waals surface area (Å²) < 4.78 is 0. The van der Waals surface area contributed by atoms with E-state index in [0.717, 1.165) is 10.5 Å². The number of carbonyl (C=O) groups excluding carboxylic acids is 1. The average Bonchev–Trinajstić information content (AvgIpc) is 2.51. The van der Waals surface area contributed by atoms with Crippen LogP contribution in [0.1, 0.15) is 31.9 Å². The largest absolute Gasteiger partial charge is 0.351 e. The molecule has 1 N–H and O–H groups in total. The minimum Gasteiger partial charge on any atom is -0.351 e. The smallest absolute Gasteiger partial charge is 0.230 e. The van der Waals surface area contributed by atoms with Crippen LogP contribution in [0.2, 0.25) is 0 Å². The molecular formula is C19H23NOS. The van der Waals surface area contributed by atoms with Gasteiger partial charge in [0.2, 0.25) is 5.91 Å². The van der Waals surface area contributed by atoms with Crippen LogP contribution in [0.4, 0.5) is 0 Å². The van der Waals surface area contributed by atoms with Crippen molar-refractivity contribution in [2.45, 2.75) is 37.6 Å². The summed E-state index contributed by atoms with van der Waals surface area (Å²) in [5.74, 6) is 0.510. The first-order valence-electron chi connectivity index (χ1n) is 7.49. The Morgan fingerprint density at radius 1 is 1.00 bits per heavy atom. The van der Waals surface area contributed by atoms with Crippen molar-refractivity contribution in [3.63, 3.8) is 0 Å². The van der Waals surface area contributed by atoms with E-state index in [9.17, 15) is 4.79 Å². The molecule has 0 unspecified atom stereocenters. The van der Waals surface area contributed by atoms with E-state index in [2.05, 4.69) is 50.4 Å². The van der Waals surface area contributed by atoms with Crippen LogP contribution in [0.5, 0.6) is 0 Å². The van der Waals surface area contributed by atoms with Gasteiger partial charge in [0.05, 0.1) is 5.75 Å². The summed E-state index contributed by atoms with van der Waals surface area (Å²) in [6.07, 6.45) is 0. The summed E-state index contributed by atoms with van der Waals surface area (Å²) >= 11 is 1.57. The van der Waals surface area contributed by atoms with Crippen LogP contribution in [0.3, 0.4) is 0 Å². The first-order valence-corrected chi connectivity index (χ1v) is 8.48. The van der Waals surface area contributed by atoms with Gasteiger partial charge in [-0.25, -0.2) is 0 Å². The fourth-order valence-electron chi connectivity index (χ4n) is 2.05. The Balaban J connectivity index is 1.79. The zero-order valence-corrected chi connectivity index (χ0v) is 14.2. The summed E-state index contributed by atoms with van der Waals surface area (Å²) in [6.45, 7) is 7.19. The third kappa shape index (κ3) is 5.23. The lowest BCUT2D eigenvalue weighted by Gasteiger charge is -2.19. The van der Waals surface area contributed by atoms with Gasteiger partial charge in [0.1, 0.15) is 0 Å². The van der Waals surface area contributed by atoms with Crippen LogP contribution in [0, 0.1) is 0 Å². The number of rotatable bonds is 5. The molecule has 0 bridgehead atoms. The van der Waals surface area contributed by atoms with Gasteiger partial charge in [-0.15, -0.1) is 11.8 Å². The van der Waals surface area contributed by atoms with Gasteiger partial charge >= 0.3 is 0 Å². The molecule has 0 atom stereocenters. The molecule has 0 aromatic heterocycles. The molecule has 0 radical (unpaired) electrons. The molecule has 2 aromatic rings. The highest BCUT2D eigenvalue weighted by Gasteiger charge is 2.13. The molecule has 0 aliphatic heterocycles. The van der Waals surface area contributed by atoms with Gasteiger partial charge in [0.25, 0.3) is 0 Å². The second kappa shape index (κ2) is 7.50. The van der Waals surface area contributed by atoms with Crippen molar-refractivity contribution < 1.29 is 4.79 Å². The third-order valence-corrected chi connectivity index (χ3v) is 4.43. The van der Waals surface area contributed by atoms with Gasteiger partial charge in [0.15, 0.2) is 0 Å². The molecule has 22 heavy (non-hydrogen) atoms. The van der Waals surface area contributed by atoms with Crippen LogP contribution in [-0.2, 0) is 16.8 Å². The average molecular weight is 313 g/mol. The molecule has 0 aliphatic rings. The molecule has 0 saturated heterocycles. The Bertz CT molecular complexity index is 600. The van der Waals surface area contributed by atoms with Crippen molar-refractivity contribution in [2.75, 3.05) is 5.75 Å². The van der Waals surface area contributed by atoms with Crippen LogP contribution in [-0.4, -0.2) is 11.7 Å². The minimum absolute atomic E-state index is 0.0637. The Morgan fingerprint density at radius 2 is 1.64 bits per heavy atom. The molecule has 2 aromatic carbocycles. The highest BCUT2D eigenvalue weighted by Crippen LogP contribution is 2.25. The fraction of sp³-hybridized carbons (Fsp3) is 0.316. The Morgan fingerprint density at radius 3 is 2.23 bits per heavy atom. The maximum Gasteiger partial charge on any atom is 0.230 e. The van der Waals surface area contributed by atoms with E-state index in [-0.39, 0.29) is 11.3 Å². The molecule has 0 saturated carbocycles. The second-order valence-electron chi connectivity index (χ2n) is 6.33. The standard InChI is InChI=1S/C19H23NOS/c1-19(2,3)16-9-11-17(12-10-16)22-14-18(21)20-13-15-7-5-4-6-8-15/h4-12H,13-14H2,1-3H3,(H,20,21). The normalized spacial score (nSPS) is 11.2. The van der Waals surface area contributed by atoms with Crippen LogP contribution >= 0.6 is 11.8 Å². The van der Waals surface area contributed by atoms with E-state index < -0.39 is 0 Å². The van der Waals surface area contributed by atoms with Gasteiger partial charge in [-0.05, 0) is 28.7 Å². The summed E-state index contributed by atoms with van der Waals surface area (Å²) in [5.41, 5.74) is 2.59. The molecule has 3 heteroatoms. The van der Waals surface area contributed by atoms with Gasteiger partial charge < -0.3 is 5.32 Å². The molecule has 0 aliphatic carbocycles. The van der Waals surface area contributed by atoms with Crippen LogP contribution in [0.25, 0.3) is 0 Å². The van der Waals surface area contributed by atoms with E-state index in [1.165, 1.54) is 5.56 Å². The fourth-order valence-corrected chi connectivity index (χ4v) is 2.78. The summed E-state index contributed by atoms with van der Waals surface area (Å²) in [5, 5.41) is 2.95. The number of amides is 1. The molecule has 2 rings (SSSR count). The number of nitrogens with one attached hydrogen (secondary N) is 1. The van der Waals surface area contributed by atoms with Crippen LogP contribution < -0.4 is 5.32 Å². The zero-order chi connectivity index (χ0) is 16.0. The molecule has 1 amide bonds. The van der Waals surface area contributed by atoms with Gasteiger partial charge in [0, 0.05) is 11.4 Å². The number of hydrogen-bond acceptors (Lipinski definition) is 2. The molecular weight excluding hydrogens is 290 g/mol. The lowest BCUT2D eigenvalue weighted by atomic mass is 9.87. The Labute approximate surface area is 137 Å². The highest BCUT2D eigenvalue weighted by molar-refractivity contribution is 8.00. The molecule has 0 heterocycles. The molecule has 0 spiro atoms. The van der Waals surface area contributed by atoms with Crippen LogP contribution in [0.15, 0.2) is 59.5 Å². The van der Waals surface area contributed by atoms with Gasteiger partial charge in [-0.2, -0.15) is 0 Å². The predicted molar refractivity (Wildman–Crippen MR) is 94.2 cm³/mol. The monoisotopic (exact) mass is 313 g/mol. The first kappa shape index (κ1) is 16.6. The van der Waals surface area contributed by atoms with Crippen molar-refractivity contribution in [1.82, 2.24) is 5.32 Å². The Hall–Kier alpha value is -1.74. The topological polar surface area (TPSA) is 29.1 Å².